The lowest BCUT2D eigenvalue weighted by Crippen LogP contribution is -2.20. The molecule has 0 unspecified atom stereocenters. The maximum atomic E-state index is 13.1. The molecule has 160 valence electrons. The molecule has 0 spiro atoms. The van der Waals surface area contributed by atoms with Gasteiger partial charge < -0.3 is 14.8 Å². The highest BCUT2D eigenvalue weighted by Crippen LogP contribution is 2.37. The summed E-state index contributed by atoms with van der Waals surface area (Å²) in [6.45, 7) is 1.09. The van der Waals surface area contributed by atoms with E-state index in [0.717, 1.165) is 35.1 Å². The van der Waals surface area contributed by atoms with Crippen molar-refractivity contribution in [3.05, 3.63) is 54.4 Å². The van der Waals surface area contributed by atoms with Gasteiger partial charge in [-0.05, 0) is 43.2 Å². The van der Waals surface area contributed by atoms with E-state index >= 15 is 0 Å². The third-order valence-electron chi connectivity index (χ3n) is 5.58. The van der Waals surface area contributed by atoms with Gasteiger partial charge in [0.1, 0.15) is 24.1 Å². The van der Waals surface area contributed by atoms with Gasteiger partial charge in [0.25, 0.3) is 5.91 Å². The van der Waals surface area contributed by atoms with Crippen LogP contribution in [0.3, 0.4) is 0 Å². The highest BCUT2D eigenvalue weighted by Gasteiger charge is 2.21. The summed E-state index contributed by atoms with van der Waals surface area (Å²) in [6.07, 6.45) is 9.33. The number of carbonyl (C=O) groups is 1. The Morgan fingerprint density at radius 1 is 1.03 bits per heavy atom. The van der Waals surface area contributed by atoms with Crippen molar-refractivity contribution < 1.29 is 14.3 Å². The zero-order valence-electron chi connectivity index (χ0n) is 17.1. The fourth-order valence-corrected chi connectivity index (χ4v) is 4.97. The predicted octanol–water partition coefficient (Wildman–Crippen LogP) is 4.96. The summed E-state index contributed by atoms with van der Waals surface area (Å²) >= 11 is 1.43. The molecule has 31 heavy (non-hydrogen) atoms. The second-order valence-corrected chi connectivity index (χ2v) is 8.73. The van der Waals surface area contributed by atoms with Crippen LogP contribution in [0.5, 0.6) is 11.5 Å². The van der Waals surface area contributed by atoms with E-state index in [0.29, 0.717) is 29.8 Å². The smallest absolute Gasteiger partial charge is 0.259 e. The van der Waals surface area contributed by atoms with Gasteiger partial charge in [0.05, 0.1) is 17.8 Å². The first kappa shape index (κ1) is 19.9. The monoisotopic (exact) mass is 436 g/mol. The van der Waals surface area contributed by atoms with Crippen LogP contribution in [0.1, 0.15) is 48.5 Å². The first-order valence-electron chi connectivity index (χ1n) is 10.7. The lowest BCUT2D eigenvalue weighted by molar-refractivity contribution is 0.102. The first-order chi connectivity index (χ1) is 15.3. The fourth-order valence-electron chi connectivity index (χ4n) is 4.06. The van der Waals surface area contributed by atoms with Gasteiger partial charge >= 0.3 is 0 Å². The number of pyridine rings is 1. The van der Waals surface area contributed by atoms with Crippen molar-refractivity contribution in [2.45, 2.75) is 48.1 Å². The summed E-state index contributed by atoms with van der Waals surface area (Å²) in [5.41, 5.74) is 0.527. The summed E-state index contributed by atoms with van der Waals surface area (Å²) in [5.74, 6) is 2.00. The minimum Gasteiger partial charge on any atom is -0.486 e. The van der Waals surface area contributed by atoms with Crippen molar-refractivity contribution in [3.8, 4) is 11.5 Å². The number of nitrogens with one attached hydrogen (secondary N) is 1. The number of hydrogen-bond acceptors (Lipinski definition) is 6. The molecule has 2 aliphatic rings. The molecule has 5 rings (SSSR count). The fraction of sp³-hybridized carbons (Fsp3) is 0.348. The van der Waals surface area contributed by atoms with E-state index < -0.39 is 0 Å². The number of carbonyl (C=O) groups excluding carboxylic acids is 1. The van der Waals surface area contributed by atoms with E-state index in [2.05, 4.69) is 15.4 Å². The Kier molecular flexibility index (Phi) is 5.80. The van der Waals surface area contributed by atoms with E-state index in [1.54, 1.807) is 24.5 Å². The minimum atomic E-state index is -0.189. The highest BCUT2D eigenvalue weighted by atomic mass is 32.2. The van der Waals surface area contributed by atoms with E-state index in [-0.39, 0.29) is 5.91 Å². The van der Waals surface area contributed by atoms with Crippen molar-refractivity contribution in [1.29, 1.82) is 0 Å². The van der Waals surface area contributed by atoms with Crippen LogP contribution in [-0.2, 0) is 0 Å². The molecule has 1 amide bonds. The van der Waals surface area contributed by atoms with Crippen LogP contribution in [-0.4, -0.2) is 33.9 Å². The normalized spacial score (nSPS) is 16.1. The van der Waals surface area contributed by atoms with Gasteiger partial charge in [-0.3, -0.25) is 4.79 Å². The summed E-state index contributed by atoms with van der Waals surface area (Å²) in [4.78, 5) is 18.5. The molecule has 0 atom stereocenters. The van der Waals surface area contributed by atoms with Gasteiger partial charge in [0, 0.05) is 17.2 Å². The first-order valence-corrected chi connectivity index (χ1v) is 11.5. The van der Waals surface area contributed by atoms with Crippen molar-refractivity contribution >= 4 is 23.5 Å². The molecular weight excluding hydrogens is 412 g/mol. The van der Waals surface area contributed by atoms with Crippen molar-refractivity contribution in [1.82, 2.24) is 14.8 Å². The third kappa shape index (κ3) is 4.39. The van der Waals surface area contributed by atoms with Gasteiger partial charge in [-0.2, -0.15) is 5.10 Å². The molecular formula is C23H24N4O3S. The second-order valence-electron chi connectivity index (χ2n) is 7.67. The third-order valence-corrected chi connectivity index (χ3v) is 6.58. The number of anilines is 1. The zero-order chi connectivity index (χ0) is 21.0. The summed E-state index contributed by atoms with van der Waals surface area (Å²) in [6, 6.07) is 11.5. The Morgan fingerprint density at radius 3 is 2.74 bits per heavy atom. The SMILES string of the molecule is O=C(Nc1ccnn1C1CCCCC1)c1cccnc1Sc1ccc2c(c1)OCCO2. The maximum absolute atomic E-state index is 13.1. The predicted molar refractivity (Wildman–Crippen MR) is 118 cm³/mol. The molecule has 2 aromatic heterocycles. The van der Waals surface area contributed by atoms with Crippen molar-refractivity contribution in [3.63, 3.8) is 0 Å². The van der Waals surface area contributed by atoms with Gasteiger partial charge in [0.2, 0.25) is 0 Å². The zero-order valence-corrected chi connectivity index (χ0v) is 17.9. The molecule has 1 N–H and O–H groups in total. The number of nitrogens with zero attached hydrogens (tertiary/aromatic N) is 3. The Labute approximate surface area is 185 Å². The van der Waals surface area contributed by atoms with E-state index in [1.165, 1.54) is 31.0 Å². The average Bonchev–Trinajstić information content (AvgIpc) is 3.28. The van der Waals surface area contributed by atoms with Crippen molar-refractivity contribution in [2.75, 3.05) is 18.5 Å². The molecule has 1 fully saturated rings. The van der Waals surface area contributed by atoms with Crippen LogP contribution < -0.4 is 14.8 Å². The van der Waals surface area contributed by atoms with Crippen LogP contribution >= 0.6 is 11.8 Å². The summed E-state index contributed by atoms with van der Waals surface area (Å²) < 4.78 is 13.2. The van der Waals surface area contributed by atoms with Crippen LogP contribution in [0.2, 0.25) is 0 Å². The lowest BCUT2D eigenvalue weighted by atomic mass is 9.96. The molecule has 0 radical (unpaired) electrons. The van der Waals surface area contributed by atoms with Gasteiger partial charge in [0.15, 0.2) is 11.5 Å². The number of fused-ring (bicyclic) bond motifs is 1. The Morgan fingerprint density at radius 2 is 1.87 bits per heavy atom. The molecule has 3 heterocycles. The molecule has 1 aliphatic carbocycles. The average molecular weight is 437 g/mol. The van der Waals surface area contributed by atoms with E-state index in [4.69, 9.17) is 9.47 Å². The lowest BCUT2D eigenvalue weighted by Gasteiger charge is -2.24. The molecule has 1 saturated carbocycles. The standard InChI is InChI=1S/C23H24N4O3S/c28-22(26-21-10-12-25-27(21)16-5-2-1-3-6-16)18-7-4-11-24-23(18)31-17-8-9-19-20(15-17)30-14-13-29-19/h4,7-12,15-16H,1-3,5-6,13-14H2,(H,26,28). The van der Waals surface area contributed by atoms with Crippen molar-refractivity contribution in [2.24, 2.45) is 0 Å². The summed E-state index contributed by atoms with van der Waals surface area (Å²) in [5, 5.41) is 8.16. The molecule has 0 saturated heterocycles. The molecule has 7 nitrogen and oxygen atoms in total. The largest absolute Gasteiger partial charge is 0.486 e. The number of hydrogen-bond donors (Lipinski definition) is 1. The van der Waals surface area contributed by atoms with Gasteiger partial charge in [-0.15, -0.1) is 0 Å². The van der Waals surface area contributed by atoms with Crippen LogP contribution in [0.25, 0.3) is 0 Å². The molecule has 1 aliphatic heterocycles. The highest BCUT2D eigenvalue weighted by molar-refractivity contribution is 7.99. The van der Waals surface area contributed by atoms with E-state index in [1.807, 2.05) is 28.9 Å². The number of benzene rings is 1. The molecule has 0 bridgehead atoms. The van der Waals surface area contributed by atoms with E-state index in [9.17, 15) is 4.79 Å². The summed E-state index contributed by atoms with van der Waals surface area (Å²) in [7, 11) is 0. The van der Waals surface area contributed by atoms with Gasteiger partial charge in [-0.1, -0.05) is 31.0 Å². The molecule has 1 aromatic carbocycles. The number of aromatic nitrogens is 3. The number of amides is 1. The molecule has 8 heteroatoms. The maximum Gasteiger partial charge on any atom is 0.259 e. The Balaban J connectivity index is 1.35. The second kappa shape index (κ2) is 9.01. The Hall–Kier alpha value is -3.00. The minimum absolute atomic E-state index is 0.189. The van der Waals surface area contributed by atoms with Crippen LogP contribution in [0.15, 0.2) is 58.7 Å². The topological polar surface area (TPSA) is 78.3 Å². The van der Waals surface area contributed by atoms with Gasteiger partial charge in [-0.25, -0.2) is 9.67 Å². The van der Waals surface area contributed by atoms with Crippen LogP contribution in [0.4, 0.5) is 5.82 Å². The number of ether oxygens (including phenoxy) is 2. The van der Waals surface area contributed by atoms with Crippen LogP contribution in [0, 0.1) is 0 Å². The quantitative estimate of drug-likeness (QED) is 0.609. The Bertz CT molecular complexity index is 1080. The molecule has 3 aromatic rings. The number of rotatable bonds is 5.